The van der Waals surface area contributed by atoms with Crippen molar-refractivity contribution in [2.45, 2.75) is 19.4 Å². The second kappa shape index (κ2) is 6.52. The molecule has 0 bridgehead atoms. The van der Waals surface area contributed by atoms with E-state index in [1.807, 2.05) is 24.3 Å². The van der Waals surface area contributed by atoms with Gasteiger partial charge in [0, 0.05) is 11.3 Å². The number of benzene rings is 2. The van der Waals surface area contributed by atoms with Gasteiger partial charge in [-0.3, -0.25) is 9.59 Å². The highest BCUT2D eigenvalue weighted by Gasteiger charge is 2.23. The van der Waals surface area contributed by atoms with E-state index in [4.69, 9.17) is 9.47 Å². The number of nitrogens with one attached hydrogen (secondary N) is 1. The number of amides is 1. The first-order chi connectivity index (χ1) is 11.1. The van der Waals surface area contributed by atoms with Crippen LogP contribution in [-0.4, -0.2) is 24.4 Å². The van der Waals surface area contributed by atoms with Crippen LogP contribution in [0, 0.1) is 0 Å². The molecule has 0 saturated heterocycles. The summed E-state index contributed by atoms with van der Waals surface area (Å²) in [7, 11) is 0. The summed E-state index contributed by atoms with van der Waals surface area (Å²) >= 11 is 0. The van der Waals surface area contributed by atoms with E-state index in [-0.39, 0.29) is 24.2 Å². The van der Waals surface area contributed by atoms with Gasteiger partial charge in [0.15, 0.2) is 17.3 Å². The van der Waals surface area contributed by atoms with E-state index in [1.54, 1.807) is 24.3 Å². The molecule has 2 aromatic carbocycles. The smallest absolute Gasteiger partial charge is 0.228 e. The third-order valence-electron chi connectivity index (χ3n) is 3.56. The van der Waals surface area contributed by atoms with Gasteiger partial charge >= 0.3 is 0 Å². The fraction of sp³-hybridized carbons (Fsp3) is 0.222. The predicted molar refractivity (Wildman–Crippen MR) is 86.0 cm³/mol. The summed E-state index contributed by atoms with van der Waals surface area (Å²) in [6.45, 7) is 1.85. The number of rotatable bonds is 4. The lowest BCUT2D eigenvalue weighted by molar-refractivity contribution is -0.118. The second-order valence-corrected chi connectivity index (χ2v) is 5.38. The lowest BCUT2D eigenvalue weighted by Gasteiger charge is -2.26. The van der Waals surface area contributed by atoms with E-state index in [1.165, 1.54) is 6.92 Å². The normalized spacial score (nSPS) is 15.8. The van der Waals surface area contributed by atoms with Crippen molar-refractivity contribution >= 4 is 17.4 Å². The Balaban J connectivity index is 1.57. The lowest BCUT2D eigenvalue weighted by Crippen LogP contribution is -2.33. The maximum Gasteiger partial charge on any atom is 0.228 e. The molecule has 0 fully saturated rings. The molecule has 0 aromatic heterocycles. The highest BCUT2D eigenvalue weighted by molar-refractivity contribution is 5.95. The molecule has 1 aliphatic rings. The molecule has 5 nitrogen and oxygen atoms in total. The molecular weight excluding hydrogens is 294 g/mol. The minimum Gasteiger partial charge on any atom is -0.486 e. The van der Waals surface area contributed by atoms with E-state index in [2.05, 4.69) is 5.32 Å². The van der Waals surface area contributed by atoms with Crippen LogP contribution in [0.1, 0.15) is 23.7 Å². The van der Waals surface area contributed by atoms with E-state index in [0.717, 1.165) is 0 Å². The lowest BCUT2D eigenvalue weighted by atomic mass is 10.1. The Labute approximate surface area is 134 Å². The molecule has 23 heavy (non-hydrogen) atoms. The van der Waals surface area contributed by atoms with E-state index in [9.17, 15) is 9.59 Å². The number of Topliss-reactive ketones (excluding diaryl/α,β-unsaturated/α-hetero) is 1. The fourth-order valence-electron chi connectivity index (χ4n) is 2.37. The SMILES string of the molecule is CC(=O)c1ccc(NC(=O)CC2COc3ccccc3O2)cc1. The molecular formula is C18H17NO4. The van der Waals surface area contributed by atoms with Crippen molar-refractivity contribution in [3.05, 3.63) is 54.1 Å². The minimum absolute atomic E-state index is 0.00528. The van der Waals surface area contributed by atoms with Gasteiger partial charge in [0.2, 0.25) is 5.91 Å². The van der Waals surface area contributed by atoms with Crippen molar-refractivity contribution in [3.63, 3.8) is 0 Å². The second-order valence-electron chi connectivity index (χ2n) is 5.38. The van der Waals surface area contributed by atoms with Crippen molar-refractivity contribution in [1.82, 2.24) is 0 Å². The van der Waals surface area contributed by atoms with E-state index < -0.39 is 0 Å². The van der Waals surface area contributed by atoms with Gasteiger partial charge in [-0.2, -0.15) is 0 Å². The summed E-state index contributed by atoms with van der Waals surface area (Å²) in [6.07, 6.45) is -0.121. The number of anilines is 1. The number of hydrogen-bond donors (Lipinski definition) is 1. The Morgan fingerprint density at radius 2 is 1.78 bits per heavy atom. The van der Waals surface area contributed by atoms with Crippen molar-refractivity contribution < 1.29 is 19.1 Å². The maximum atomic E-state index is 12.1. The van der Waals surface area contributed by atoms with Gasteiger partial charge in [-0.25, -0.2) is 0 Å². The summed E-state index contributed by atoms with van der Waals surface area (Å²) < 4.78 is 11.3. The molecule has 0 saturated carbocycles. The van der Waals surface area contributed by atoms with Crippen LogP contribution in [0.4, 0.5) is 5.69 Å². The van der Waals surface area contributed by atoms with Gasteiger partial charge in [-0.05, 0) is 43.3 Å². The van der Waals surface area contributed by atoms with Crippen LogP contribution >= 0.6 is 0 Å². The highest BCUT2D eigenvalue weighted by Crippen LogP contribution is 2.31. The van der Waals surface area contributed by atoms with Crippen molar-refractivity contribution in [2.24, 2.45) is 0 Å². The molecule has 1 atom stereocenters. The molecule has 3 rings (SSSR count). The molecule has 5 heteroatoms. The third-order valence-corrected chi connectivity index (χ3v) is 3.56. The average molecular weight is 311 g/mol. The Bertz CT molecular complexity index is 724. The van der Waals surface area contributed by atoms with Gasteiger partial charge < -0.3 is 14.8 Å². The number of ketones is 1. The van der Waals surface area contributed by atoms with Gasteiger partial charge in [-0.1, -0.05) is 12.1 Å². The van der Waals surface area contributed by atoms with Crippen LogP contribution < -0.4 is 14.8 Å². The fourth-order valence-corrected chi connectivity index (χ4v) is 2.37. The van der Waals surface area contributed by atoms with Gasteiger partial charge in [0.05, 0.1) is 6.42 Å². The zero-order valence-electron chi connectivity index (χ0n) is 12.7. The van der Waals surface area contributed by atoms with Gasteiger partial charge in [0.1, 0.15) is 12.7 Å². The first kappa shape index (κ1) is 15.1. The zero-order chi connectivity index (χ0) is 16.2. The predicted octanol–water partition coefficient (Wildman–Crippen LogP) is 3.06. The molecule has 1 unspecified atom stereocenters. The third kappa shape index (κ3) is 3.69. The summed E-state index contributed by atoms with van der Waals surface area (Å²) in [5.74, 6) is 1.19. The summed E-state index contributed by atoms with van der Waals surface area (Å²) in [4.78, 5) is 23.3. The molecule has 0 aliphatic carbocycles. The van der Waals surface area contributed by atoms with Gasteiger partial charge in [-0.15, -0.1) is 0 Å². The molecule has 2 aromatic rings. The van der Waals surface area contributed by atoms with Crippen LogP contribution in [-0.2, 0) is 4.79 Å². The molecule has 118 valence electrons. The van der Waals surface area contributed by atoms with Crippen LogP contribution in [0.3, 0.4) is 0 Å². The number of fused-ring (bicyclic) bond motifs is 1. The summed E-state index contributed by atoms with van der Waals surface area (Å²) in [5, 5.41) is 2.79. The monoisotopic (exact) mass is 311 g/mol. The number of carbonyl (C=O) groups is 2. The van der Waals surface area contributed by atoms with Crippen LogP contribution in [0.15, 0.2) is 48.5 Å². The number of hydrogen-bond acceptors (Lipinski definition) is 4. The van der Waals surface area contributed by atoms with E-state index in [0.29, 0.717) is 29.4 Å². The maximum absolute atomic E-state index is 12.1. The van der Waals surface area contributed by atoms with Crippen LogP contribution in [0.2, 0.25) is 0 Å². The Hall–Kier alpha value is -2.82. The summed E-state index contributed by atoms with van der Waals surface area (Å²) in [6, 6.07) is 14.2. The van der Waals surface area contributed by atoms with Crippen LogP contribution in [0.25, 0.3) is 0 Å². The molecule has 0 radical (unpaired) electrons. The van der Waals surface area contributed by atoms with E-state index >= 15 is 0 Å². The Morgan fingerprint density at radius 3 is 2.48 bits per heavy atom. The Kier molecular flexibility index (Phi) is 4.28. The molecule has 1 N–H and O–H groups in total. The molecule has 1 aliphatic heterocycles. The van der Waals surface area contributed by atoms with Crippen LogP contribution in [0.5, 0.6) is 11.5 Å². The summed E-state index contributed by atoms with van der Waals surface area (Å²) in [5.41, 5.74) is 1.26. The first-order valence-corrected chi connectivity index (χ1v) is 7.41. The minimum atomic E-state index is -0.318. The average Bonchev–Trinajstić information content (AvgIpc) is 2.55. The van der Waals surface area contributed by atoms with Crippen molar-refractivity contribution in [2.75, 3.05) is 11.9 Å². The van der Waals surface area contributed by atoms with Crippen molar-refractivity contribution in [1.29, 1.82) is 0 Å². The highest BCUT2D eigenvalue weighted by atomic mass is 16.6. The standard InChI is InChI=1S/C18H17NO4/c1-12(20)13-6-8-14(9-7-13)19-18(21)10-15-11-22-16-4-2-3-5-17(16)23-15/h2-9,15H,10-11H2,1H3,(H,19,21). The number of carbonyl (C=O) groups excluding carboxylic acids is 2. The van der Waals surface area contributed by atoms with Gasteiger partial charge in [0.25, 0.3) is 0 Å². The number of para-hydroxylation sites is 2. The first-order valence-electron chi connectivity index (χ1n) is 7.41. The van der Waals surface area contributed by atoms with Crippen molar-refractivity contribution in [3.8, 4) is 11.5 Å². The Morgan fingerprint density at radius 1 is 1.09 bits per heavy atom. The topological polar surface area (TPSA) is 64.6 Å². The molecule has 1 amide bonds. The quantitative estimate of drug-likeness (QED) is 0.881. The number of ether oxygens (including phenoxy) is 2. The molecule has 0 spiro atoms. The molecule has 1 heterocycles. The largest absolute Gasteiger partial charge is 0.486 e. The zero-order valence-corrected chi connectivity index (χ0v) is 12.7.